The summed E-state index contributed by atoms with van der Waals surface area (Å²) in [6, 6.07) is 19.4. The van der Waals surface area contributed by atoms with Gasteiger partial charge in [-0.25, -0.2) is 0 Å². The van der Waals surface area contributed by atoms with Crippen molar-refractivity contribution in [1.29, 1.82) is 10.5 Å². The second kappa shape index (κ2) is 9.97. The van der Waals surface area contributed by atoms with Crippen LogP contribution in [0.1, 0.15) is 12.8 Å². The number of benzene rings is 2. The molecule has 0 amide bonds. The van der Waals surface area contributed by atoms with Crippen molar-refractivity contribution in [3.63, 3.8) is 0 Å². The lowest BCUT2D eigenvalue weighted by molar-refractivity contribution is 0.415. The van der Waals surface area contributed by atoms with Gasteiger partial charge in [0.1, 0.15) is 5.75 Å². The van der Waals surface area contributed by atoms with Crippen molar-refractivity contribution in [3.05, 3.63) is 53.6 Å². The minimum Gasteiger partial charge on any atom is -0.497 e. The second-order valence-electron chi connectivity index (χ2n) is 6.18. The van der Waals surface area contributed by atoms with Crippen LogP contribution in [0.4, 0.5) is 0 Å². The number of hydrogen-bond acceptors (Lipinski definition) is 6. The molecule has 0 aliphatic rings. The SMILES string of the molecule is COc1cccc(-c2nnc(SC[C@@H](C#N)CCC#N)n2-c2ccc(Cl)cc2)c1. The molecule has 0 radical (unpaired) electrons. The lowest BCUT2D eigenvalue weighted by atomic mass is 10.1. The molecule has 0 fully saturated rings. The molecule has 29 heavy (non-hydrogen) atoms. The number of methoxy groups -OCH3 is 1. The van der Waals surface area contributed by atoms with E-state index in [1.54, 1.807) is 7.11 Å². The van der Waals surface area contributed by atoms with Gasteiger partial charge in [-0.1, -0.05) is 35.5 Å². The monoisotopic (exact) mass is 423 g/mol. The molecule has 0 spiro atoms. The molecule has 1 atom stereocenters. The average Bonchev–Trinajstić information content (AvgIpc) is 3.18. The predicted molar refractivity (Wildman–Crippen MR) is 113 cm³/mol. The zero-order chi connectivity index (χ0) is 20.6. The van der Waals surface area contributed by atoms with Crippen LogP contribution in [0, 0.1) is 28.6 Å². The van der Waals surface area contributed by atoms with Crippen LogP contribution in [0.5, 0.6) is 5.75 Å². The Morgan fingerprint density at radius 1 is 1.17 bits per heavy atom. The van der Waals surface area contributed by atoms with Gasteiger partial charge in [0.15, 0.2) is 11.0 Å². The van der Waals surface area contributed by atoms with Crippen molar-refractivity contribution in [2.45, 2.75) is 18.0 Å². The van der Waals surface area contributed by atoms with E-state index in [4.69, 9.17) is 21.6 Å². The molecule has 0 aliphatic heterocycles. The van der Waals surface area contributed by atoms with Crippen LogP contribution in [0.3, 0.4) is 0 Å². The highest BCUT2D eigenvalue weighted by atomic mass is 35.5. The fourth-order valence-electron chi connectivity index (χ4n) is 2.73. The third kappa shape index (κ3) is 5.08. The van der Waals surface area contributed by atoms with Crippen LogP contribution >= 0.6 is 23.4 Å². The Kier molecular flexibility index (Phi) is 7.13. The molecule has 1 heterocycles. The van der Waals surface area contributed by atoms with Crippen LogP contribution in [-0.4, -0.2) is 27.6 Å². The van der Waals surface area contributed by atoms with Crippen molar-refractivity contribution in [2.24, 2.45) is 5.92 Å². The molecule has 0 N–H and O–H groups in total. The molecular formula is C21H18ClN5OS. The number of nitrogens with zero attached hydrogens (tertiary/aromatic N) is 5. The minimum absolute atomic E-state index is 0.227. The quantitative estimate of drug-likeness (QED) is 0.466. The first-order chi connectivity index (χ1) is 14.2. The standard InChI is InChI=1S/C21H18ClN5OS/c1-28-19-6-2-5-16(12-19)20-25-26-21(29-14-15(13-24)4-3-11-23)27(20)18-9-7-17(22)8-10-18/h2,5-10,12,15H,3-4,14H2,1H3/t15-/m1/s1. The zero-order valence-corrected chi connectivity index (χ0v) is 17.3. The Balaban J connectivity index is 1.98. The van der Waals surface area contributed by atoms with Gasteiger partial charge >= 0.3 is 0 Å². The summed E-state index contributed by atoms with van der Waals surface area (Å²) in [4.78, 5) is 0. The fourth-order valence-corrected chi connectivity index (χ4v) is 3.87. The third-order valence-electron chi connectivity index (χ3n) is 4.25. The topological polar surface area (TPSA) is 87.5 Å². The zero-order valence-electron chi connectivity index (χ0n) is 15.7. The van der Waals surface area contributed by atoms with E-state index in [0.717, 1.165) is 17.0 Å². The number of ether oxygens (including phenoxy) is 1. The van der Waals surface area contributed by atoms with E-state index in [2.05, 4.69) is 22.3 Å². The second-order valence-corrected chi connectivity index (χ2v) is 7.61. The highest BCUT2D eigenvalue weighted by Crippen LogP contribution is 2.31. The molecule has 0 saturated heterocycles. The van der Waals surface area contributed by atoms with Gasteiger partial charge in [-0.3, -0.25) is 4.57 Å². The number of halogens is 1. The molecule has 146 valence electrons. The molecular weight excluding hydrogens is 406 g/mol. The summed E-state index contributed by atoms with van der Waals surface area (Å²) >= 11 is 7.50. The van der Waals surface area contributed by atoms with Gasteiger partial charge in [-0.15, -0.1) is 10.2 Å². The van der Waals surface area contributed by atoms with E-state index < -0.39 is 0 Å². The highest BCUT2D eigenvalue weighted by molar-refractivity contribution is 7.99. The molecule has 1 aromatic heterocycles. The fraction of sp³-hybridized carbons (Fsp3) is 0.238. The van der Waals surface area contributed by atoms with Gasteiger partial charge in [0.25, 0.3) is 0 Å². The lowest BCUT2D eigenvalue weighted by Gasteiger charge is -2.12. The largest absolute Gasteiger partial charge is 0.497 e. The van der Waals surface area contributed by atoms with E-state index in [0.29, 0.717) is 34.6 Å². The number of nitriles is 2. The molecule has 3 rings (SSSR count). The van der Waals surface area contributed by atoms with Crippen LogP contribution in [0.2, 0.25) is 5.02 Å². The van der Waals surface area contributed by atoms with Crippen molar-refractivity contribution in [3.8, 4) is 35.0 Å². The van der Waals surface area contributed by atoms with Crippen LogP contribution in [0.25, 0.3) is 17.1 Å². The molecule has 3 aromatic rings. The van der Waals surface area contributed by atoms with Crippen LogP contribution < -0.4 is 4.74 Å². The maximum Gasteiger partial charge on any atom is 0.196 e. The molecule has 2 aromatic carbocycles. The summed E-state index contributed by atoms with van der Waals surface area (Å²) in [5, 5.41) is 28.2. The van der Waals surface area contributed by atoms with Gasteiger partial charge in [-0.05, 0) is 42.8 Å². The Labute approximate surface area is 178 Å². The molecule has 0 aliphatic carbocycles. The first-order valence-corrected chi connectivity index (χ1v) is 10.3. The normalized spacial score (nSPS) is 11.4. The van der Waals surface area contributed by atoms with Gasteiger partial charge < -0.3 is 4.74 Å². The smallest absolute Gasteiger partial charge is 0.196 e. The van der Waals surface area contributed by atoms with Crippen LogP contribution in [0.15, 0.2) is 53.7 Å². The van der Waals surface area contributed by atoms with Crippen LogP contribution in [-0.2, 0) is 0 Å². The molecule has 0 saturated carbocycles. The highest BCUT2D eigenvalue weighted by Gasteiger charge is 2.18. The average molecular weight is 424 g/mol. The Morgan fingerprint density at radius 2 is 1.97 bits per heavy atom. The predicted octanol–water partition coefficient (Wildman–Crippen LogP) is 5.13. The number of rotatable bonds is 8. The summed E-state index contributed by atoms with van der Waals surface area (Å²) in [7, 11) is 1.62. The van der Waals surface area contributed by atoms with E-state index in [1.807, 2.05) is 53.1 Å². The summed E-state index contributed by atoms with van der Waals surface area (Å²) < 4.78 is 7.27. The molecule has 0 unspecified atom stereocenters. The number of hydrogen-bond donors (Lipinski definition) is 0. The van der Waals surface area contributed by atoms with Crippen molar-refractivity contribution >= 4 is 23.4 Å². The van der Waals surface area contributed by atoms with Gasteiger partial charge in [0.05, 0.1) is 25.2 Å². The lowest BCUT2D eigenvalue weighted by Crippen LogP contribution is -2.04. The Hall–Kier alpha value is -3.00. The number of thioether (sulfide) groups is 1. The van der Waals surface area contributed by atoms with E-state index in [1.165, 1.54) is 11.8 Å². The van der Waals surface area contributed by atoms with E-state index >= 15 is 0 Å². The molecule has 6 nitrogen and oxygen atoms in total. The Bertz CT molecular complexity index is 1050. The van der Waals surface area contributed by atoms with Gasteiger partial charge in [-0.2, -0.15) is 10.5 Å². The summed E-state index contributed by atoms with van der Waals surface area (Å²) in [5.74, 6) is 1.69. The maximum atomic E-state index is 9.34. The summed E-state index contributed by atoms with van der Waals surface area (Å²) in [6.07, 6.45) is 0.898. The Morgan fingerprint density at radius 3 is 2.66 bits per heavy atom. The number of aromatic nitrogens is 3. The molecule has 8 heteroatoms. The van der Waals surface area contributed by atoms with Crippen molar-refractivity contribution in [2.75, 3.05) is 12.9 Å². The van der Waals surface area contributed by atoms with E-state index in [9.17, 15) is 5.26 Å². The maximum absolute atomic E-state index is 9.34. The van der Waals surface area contributed by atoms with Gasteiger partial charge in [0, 0.05) is 28.4 Å². The summed E-state index contributed by atoms with van der Waals surface area (Å²) in [5.41, 5.74) is 1.73. The minimum atomic E-state index is -0.227. The van der Waals surface area contributed by atoms with Gasteiger partial charge in [0.2, 0.25) is 0 Å². The van der Waals surface area contributed by atoms with E-state index in [-0.39, 0.29) is 5.92 Å². The summed E-state index contributed by atoms with van der Waals surface area (Å²) in [6.45, 7) is 0. The molecule has 0 bridgehead atoms. The third-order valence-corrected chi connectivity index (χ3v) is 5.59. The first kappa shape index (κ1) is 20.7. The first-order valence-electron chi connectivity index (χ1n) is 8.91. The van der Waals surface area contributed by atoms with Crippen molar-refractivity contribution < 1.29 is 4.74 Å². The van der Waals surface area contributed by atoms with Crippen molar-refractivity contribution in [1.82, 2.24) is 14.8 Å².